The van der Waals surface area contributed by atoms with Gasteiger partial charge < -0.3 is 19.4 Å². The van der Waals surface area contributed by atoms with E-state index in [0.717, 1.165) is 12.8 Å². The van der Waals surface area contributed by atoms with Crippen molar-refractivity contribution in [3.8, 4) is 5.75 Å². The van der Waals surface area contributed by atoms with Gasteiger partial charge in [0.05, 0.1) is 25.5 Å². The first-order chi connectivity index (χ1) is 13.8. The number of sulfonamides is 1. The molecule has 0 atom stereocenters. The van der Waals surface area contributed by atoms with E-state index in [1.165, 1.54) is 47.5 Å². The van der Waals surface area contributed by atoms with Crippen LogP contribution >= 0.6 is 0 Å². The quantitative estimate of drug-likeness (QED) is 0.714. The second-order valence-electron chi connectivity index (χ2n) is 6.64. The van der Waals surface area contributed by atoms with Crippen LogP contribution in [-0.4, -0.2) is 56.5 Å². The SMILES string of the molecule is COC(=O)c1cc(OC)ccc1NC(=O)c1cc(S(=O)(=O)N2CCCC2)cn1C. The van der Waals surface area contributed by atoms with Crippen molar-refractivity contribution in [3.63, 3.8) is 0 Å². The molecule has 29 heavy (non-hydrogen) atoms. The molecule has 1 N–H and O–H groups in total. The molecule has 1 aliphatic heterocycles. The minimum absolute atomic E-state index is 0.0648. The Kier molecular flexibility index (Phi) is 5.94. The molecule has 1 aromatic heterocycles. The van der Waals surface area contributed by atoms with Gasteiger partial charge in [-0.15, -0.1) is 0 Å². The van der Waals surface area contributed by atoms with Crippen LogP contribution in [0.25, 0.3) is 0 Å². The zero-order valence-corrected chi connectivity index (χ0v) is 17.3. The molecule has 9 nitrogen and oxygen atoms in total. The Morgan fingerprint density at radius 3 is 2.41 bits per heavy atom. The first kappa shape index (κ1) is 20.9. The molecule has 10 heteroatoms. The predicted molar refractivity (Wildman–Crippen MR) is 106 cm³/mol. The number of hydrogen-bond acceptors (Lipinski definition) is 6. The third-order valence-corrected chi connectivity index (χ3v) is 6.66. The van der Waals surface area contributed by atoms with Crippen LogP contribution in [0.5, 0.6) is 5.75 Å². The molecule has 0 radical (unpaired) electrons. The number of esters is 1. The van der Waals surface area contributed by atoms with Gasteiger partial charge >= 0.3 is 5.97 Å². The van der Waals surface area contributed by atoms with Crippen molar-refractivity contribution in [1.29, 1.82) is 0 Å². The Hall–Kier alpha value is -2.85. The van der Waals surface area contributed by atoms with Gasteiger partial charge in [-0.1, -0.05) is 0 Å². The van der Waals surface area contributed by atoms with E-state index >= 15 is 0 Å². The van der Waals surface area contributed by atoms with Crippen molar-refractivity contribution in [2.75, 3.05) is 32.6 Å². The van der Waals surface area contributed by atoms with Gasteiger partial charge in [0.15, 0.2) is 0 Å². The van der Waals surface area contributed by atoms with Crippen LogP contribution in [0.4, 0.5) is 5.69 Å². The molecule has 1 saturated heterocycles. The maximum Gasteiger partial charge on any atom is 0.340 e. The molecule has 2 heterocycles. The van der Waals surface area contributed by atoms with Crippen LogP contribution in [0.2, 0.25) is 0 Å². The first-order valence-corrected chi connectivity index (χ1v) is 10.5. The summed E-state index contributed by atoms with van der Waals surface area (Å²) in [7, 11) is 0.646. The number of carbonyl (C=O) groups is 2. The van der Waals surface area contributed by atoms with Gasteiger partial charge in [0, 0.05) is 26.3 Å². The number of amides is 1. The smallest absolute Gasteiger partial charge is 0.340 e. The summed E-state index contributed by atoms with van der Waals surface area (Å²) in [5.41, 5.74) is 0.501. The Morgan fingerprint density at radius 1 is 1.10 bits per heavy atom. The predicted octanol–water partition coefficient (Wildman–Crippen LogP) is 1.86. The van der Waals surface area contributed by atoms with E-state index in [2.05, 4.69) is 5.32 Å². The number of carbonyl (C=O) groups excluding carboxylic acids is 2. The molecule has 1 fully saturated rings. The number of hydrogen-bond donors (Lipinski definition) is 1. The molecule has 1 aromatic carbocycles. The molecule has 0 bridgehead atoms. The van der Waals surface area contributed by atoms with Gasteiger partial charge in [-0.2, -0.15) is 4.31 Å². The maximum absolute atomic E-state index is 12.8. The van der Waals surface area contributed by atoms with Gasteiger partial charge in [-0.25, -0.2) is 13.2 Å². The molecule has 3 rings (SSSR count). The highest BCUT2D eigenvalue weighted by Crippen LogP contribution is 2.25. The lowest BCUT2D eigenvalue weighted by molar-refractivity contribution is 0.0601. The Balaban J connectivity index is 1.89. The van der Waals surface area contributed by atoms with Crippen LogP contribution in [-0.2, 0) is 21.8 Å². The van der Waals surface area contributed by atoms with Crippen LogP contribution in [0.15, 0.2) is 35.4 Å². The number of methoxy groups -OCH3 is 2. The number of ether oxygens (including phenoxy) is 2. The van der Waals surface area contributed by atoms with Crippen LogP contribution in [0.1, 0.15) is 33.7 Å². The summed E-state index contributed by atoms with van der Waals surface area (Å²) in [5.74, 6) is -0.754. The van der Waals surface area contributed by atoms with Crippen molar-refractivity contribution in [2.45, 2.75) is 17.7 Å². The van der Waals surface area contributed by atoms with Crippen LogP contribution in [0, 0.1) is 0 Å². The highest BCUT2D eigenvalue weighted by Gasteiger charge is 2.29. The number of anilines is 1. The molecule has 2 aromatic rings. The minimum Gasteiger partial charge on any atom is -0.497 e. The van der Waals surface area contributed by atoms with Gasteiger partial charge in [0.25, 0.3) is 5.91 Å². The first-order valence-electron chi connectivity index (χ1n) is 9.02. The fourth-order valence-electron chi connectivity index (χ4n) is 3.20. The van der Waals surface area contributed by atoms with E-state index in [4.69, 9.17) is 9.47 Å². The van der Waals surface area contributed by atoms with Crippen molar-refractivity contribution >= 4 is 27.6 Å². The molecular formula is C19H23N3O6S. The largest absolute Gasteiger partial charge is 0.497 e. The van der Waals surface area contributed by atoms with Crippen molar-refractivity contribution in [3.05, 3.63) is 41.7 Å². The van der Waals surface area contributed by atoms with E-state index in [9.17, 15) is 18.0 Å². The molecule has 0 spiro atoms. The average molecular weight is 421 g/mol. The Labute approximate surface area is 169 Å². The van der Waals surface area contributed by atoms with Crippen molar-refractivity contribution < 1.29 is 27.5 Å². The third-order valence-electron chi connectivity index (χ3n) is 4.80. The second-order valence-corrected chi connectivity index (χ2v) is 8.58. The molecule has 1 amide bonds. The van der Waals surface area contributed by atoms with Gasteiger partial charge in [-0.05, 0) is 37.1 Å². The van der Waals surface area contributed by atoms with Gasteiger partial charge in [-0.3, -0.25) is 4.79 Å². The maximum atomic E-state index is 12.8. The number of nitrogens with zero attached hydrogens (tertiary/aromatic N) is 2. The Morgan fingerprint density at radius 2 is 1.79 bits per heavy atom. The van der Waals surface area contributed by atoms with E-state index in [0.29, 0.717) is 18.8 Å². The molecule has 1 aliphatic rings. The van der Waals surface area contributed by atoms with Gasteiger partial charge in [0.1, 0.15) is 16.3 Å². The van der Waals surface area contributed by atoms with E-state index in [-0.39, 0.29) is 21.8 Å². The molecule has 0 unspecified atom stereocenters. The molecule has 0 aliphatic carbocycles. The number of rotatable bonds is 6. The molecule has 0 saturated carbocycles. The van der Waals surface area contributed by atoms with Gasteiger partial charge in [0.2, 0.25) is 10.0 Å². The summed E-state index contributed by atoms with van der Waals surface area (Å²) in [5, 5.41) is 2.64. The number of aryl methyl sites for hydroxylation is 1. The molecule has 156 valence electrons. The lowest BCUT2D eigenvalue weighted by atomic mass is 10.1. The minimum atomic E-state index is -3.64. The second kappa shape index (κ2) is 8.26. The summed E-state index contributed by atoms with van der Waals surface area (Å²) < 4.78 is 38.2. The summed E-state index contributed by atoms with van der Waals surface area (Å²) in [6.45, 7) is 0.959. The highest BCUT2D eigenvalue weighted by atomic mass is 32.2. The number of nitrogens with one attached hydrogen (secondary N) is 1. The summed E-state index contributed by atoms with van der Waals surface area (Å²) in [6, 6.07) is 5.91. The fourth-order valence-corrected chi connectivity index (χ4v) is 4.79. The zero-order chi connectivity index (χ0) is 21.2. The standard InChI is InChI=1S/C19H23N3O6S/c1-21-12-14(29(25,26)22-8-4-5-9-22)11-17(21)18(23)20-16-7-6-13(27-2)10-15(16)19(24)28-3/h6-7,10-12H,4-5,8-9H2,1-3H3,(H,20,23). The van der Waals surface area contributed by atoms with E-state index in [1.807, 2.05) is 0 Å². The molecular weight excluding hydrogens is 398 g/mol. The summed E-state index contributed by atoms with van der Waals surface area (Å²) in [6.07, 6.45) is 3.07. The number of aromatic nitrogens is 1. The van der Waals surface area contributed by atoms with E-state index in [1.54, 1.807) is 13.1 Å². The van der Waals surface area contributed by atoms with Crippen molar-refractivity contribution in [1.82, 2.24) is 8.87 Å². The summed E-state index contributed by atoms with van der Waals surface area (Å²) in [4.78, 5) is 24.9. The van der Waals surface area contributed by atoms with E-state index < -0.39 is 21.9 Å². The topological polar surface area (TPSA) is 107 Å². The number of benzene rings is 1. The van der Waals surface area contributed by atoms with Crippen LogP contribution in [0.3, 0.4) is 0 Å². The lowest BCUT2D eigenvalue weighted by Crippen LogP contribution is -2.27. The highest BCUT2D eigenvalue weighted by molar-refractivity contribution is 7.89. The normalized spacial score (nSPS) is 14.6. The Bertz CT molecular complexity index is 1040. The van der Waals surface area contributed by atoms with Crippen LogP contribution < -0.4 is 10.1 Å². The monoisotopic (exact) mass is 421 g/mol. The fraction of sp³-hybridized carbons (Fsp3) is 0.368. The zero-order valence-electron chi connectivity index (χ0n) is 16.5. The summed E-state index contributed by atoms with van der Waals surface area (Å²) >= 11 is 0. The third kappa shape index (κ3) is 4.13. The van der Waals surface area contributed by atoms with Crippen molar-refractivity contribution in [2.24, 2.45) is 7.05 Å². The lowest BCUT2D eigenvalue weighted by Gasteiger charge is -2.13. The average Bonchev–Trinajstić information content (AvgIpc) is 3.38.